The zero-order valence-electron chi connectivity index (χ0n) is 20.3. The lowest BCUT2D eigenvalue weighted by atomic mass is 10.0. The summed E-state index contributed by atoms with van der Waals surface area (Å²) >= 11 is 11.9. The predicted octanol–water partition coefficient (Wildman–Crippen LogP) is 6.18. The fourth-order valence-corrected chi connectivity index (χ4v) is 3.41. The van der Waals surface area contributed by atoms with Gasteiger partial charge in [-0.05, 0) is 72.0 Å². The number of carbonyl (C=O) groups excluding carboxylic acids is 2. The molecule has 0 fully saturated rings. The molecular formula is C27H26Cl2N2O5. The number of hydrogen-bond acceptors (Lipinski definition) is 6. The Morgan fingerprint density at radius 3 is 2.44 bits per heavy atom. The second-order valence-corrected chi connectivity index (χ2v) is 9.00. The third-order valence-electron chi connectivity index (χ3n) is 5.19. The van der Waals surface area contributed by atoms with Crippen molar-refractivity contribution in [3.05, 3.63) is 86.9 Å². The fourth-order valence-electron chi connectivity index (χ4n) is 3.12. The van der Waals surface area contributed by atoms with Gasteiger partial charge in [0.15, 0.2) is 18.1 Å². The summed E-state index contributed by atoms with van der Waals surface area (Å²) in [5.74, 6) is 0.518. The lowest BCUT2D eigenvalue weighted by molar-refractivity contribution is -0.123. The van der Waals surface area contributed by atoms with Crippen LogP contribution in [0.25, 0.3) is 0 Å². The molecule has 0 aromatic heterocycles. The molecule has 0 aliphatic rings. The molecule has 0 saturated carbocycles. The van der Waals surface area contributed by atoms with Crippen LogP contribution in [0, 0.1) is 6.92 Å². The number of nitrogens with zero attached hydrogens (tertiary/aromatic N) is 1. The number of esters is 1. The summed E-state index contributed by atoms with van der Waals surface area (Å²) in [6.07, 6.45) is 1.44. The van der Waals surface area contributed by atoms with Crippen molar-refractivity contribution in [2.45, 2.75) is 26.7 Å². The molecule has 188 valence electrons. The molecule has 0 heterocycles. The Bertz CT molecular complexity index is 1290. The van der Waals surface area contributed by atoms with Gasteiger partial charge in [0.2, 0.25) is 0 Å². The first-order chi connectivity index (χ1) is 17.2. The van der Waals surface area contributed by atoms with E-state index < -0.39 is 11.9 Å². The molecule has 3 aromatic rings. The molecule has 1 N–H and O–H groups in total. The lowest BCUT2D eigenvalue weighted by Crippen LogP contribution is -2.24. The molecule has 0 radical (unpaired) electrons. The zero-order chi connectivity index (χ0) is 26.2. The first-order valence-corrected chi connectivity index (χ1v) is 11.8. The van der Waals surface area contributed by atoms with Crippen LogP contribution in [0.4, 0.5) is 0 Å². The Labute approximate surface area is 220 Å². The molecule has 1 amide bonds. The first-order valence-electron chi connectivity index (χ1n) is 11.1. The quantitative estimate of drug-likeness (QED) is 0.155. The summed E-state index contributed by atoms with van der Waals surface area (Å²) in [6.45, 7) is 5.94. The van der Waals surface area contributed by atoms with Crippen LogP contribution in [0.15, 0.2) is 59.7 Å². The number of halogens is 2. The van der Waals surface area contributed by atoms with Crippen LogP contribution in [0.2, 0.25) is 10.0 Å². The molecule has 0 spiro atoms. The standard InChI is InChI=1S/C27H26Cl2N2O5/c1-16(2)19-7-5-17(3)24(13-19)35-15-26(32)31-30-14-18-6-10-23(25(11-18)34-4)36-27(33)20-8-9-21(28)22(29)12-20/h5-14,16H,15H2,1-4H3,(H,31,32)/b30-14+. The van der Waals surface area contributed by atoms with Crippen LogP contribution in [0.5, 0.6) is 17.2 Å². The average Bonchev–Trinajstić information content (AvgIpc) is 2.85. The summed E-state index contributed by atoms with van der Waals surface area (Å²) in [7, 11) is 1.45. The van der Waals surface area contributed by atoms with Crippen molar-refractivity contribution in [3.8, 4) is 17.2 Å². The Morgan fingerprint density at radius 1 is 0.972 bits per heavy atom. The Balaban J connectivity index is 1.58. The number of aryl methyl sites for hydroxylation is 1. The predicted molar refractivity (Wildman–Crippen MR) is 141 cm³/mol. The van der Waals surface area contributed by atoms with Crippen LogP contribution in [0.1, 0.15) is 46.8 Å². The SMILES string of the molecule is COc1cc(/C=N/NC(=O)COc2cc(C(C)C)ccc2C)ccc1OC(=O)c1ccc(Cl)c(Cl)c1. The second-order valence-electron chi connectivity index (χ2n) is 8.19. The smallest absolute Gasteiger partial charge is 0.343 e. The summed E-state index contributed by atoms with van der Waals surface area (Å²) in [5.41, 5.74) is 5.37. The zero-order valence-corrected chi connectivity index (χ0v) is 21.8. The van der Waals surface area contributed by atoms with Gasteiger partial charge >= 0.3 is 5.97 Å². The number of hydrogen-bond donors (Lipinski definition) is 1. The first kappa shape index (κ1) is 27.0. The number of hydrazone groups is 1. The summed E-state index contributed by atoms with van der Waals surface area (Å²) in [5, 5.41) is 4.54. The van der Waals surface area contributed by atoms with Crippen LogP contribution in [-0.4, -0.2) is 31.8 Å². The van der Waals surface area contributed by atoms with Gasteiger partial charge in [-0.15, -0.1) is 0 Å². The van der Waals surface area contributed by atoms with E-state index in [1.807, 2.05) is 25.1 Å². The van der Waals surface area contributed by atoms with E-state index in [-0.39, 0.29) is 22.9 Å². The van der Waals surface area contributed by atoms with Gasteiger partial charge in [0.1, 0.15) is 5.75 Å². The van der Waals surface area contributed by atoms with E-state index >= 15 is 0 Å². The topological polar surface area (TPSA) is 86.2 Å². The molecule has 36 heavy (non-hydrogen) atoms. The lowest BCUT2D eigenvalue weighted by Gasteiger charge is -2.12. The van der Waals surface area contributed by atoms with Crippen molar-refractivity contribution < 1.29 is 23.8 Å². The van der Waals surface area contributed by atoms with E-state index in [1.54, 1.807) is 18.2 Å². The van der Waals surface area contributed by atoms with Gasteiger partial charge in [-0.25, -0.2) is 10.2 Å². The monoisotopic (exact) mass is 528 g/mol. The van der Waals surface area contributed by atoms with Gasteiger partial charge in [0.25, 0.3) is 5.91 Å². The van der Waals surface area contributed by atoms with E-state index in [0.29, 0.717) is 28.0 Å². The van der Waals surface area contributed by atoms with Gasteiger partial charge < -0.3 is 14.2 Å². The number of ether oxygens (including phenoxy) is 3. The van der Waals surface area contributed by atoms with Crippen molar-refractivity contribution >= 4 is 41.3 Å². The van der Waals surface area contributed by atoms with Crippen LogP contribution in [-0.2, 0) is 4.79 Å². The normalized spacial score (nSPS) is 11.0. The van der Waals surface area contributed by atoms with Crippen molar-refractivity contribution in [3.63, 3.8) is 0 Å². The maximum atomic E-state index is 12.4. The molecule has 0 atom stereocenters. The van der Waals surface area contributed by atoms with Gasteiger partial charge in [-0.3, -0.25) is 4.79 Å². The molecule has 9 heteroatoms. The van der Waals surface area contributed by atoms with Gasteiger partial charge in [-0.2, -0.15) is 5.10 Å². The molecule has 0 aliphatic heterocycles. The molecule has 0 aliphatic carbocycles. The molecule has 3 aromatic carbocycles. The number of rotatable bonds is 9. The Kier molecular flexibility index (Phi) is 9.33. The molecule has 7 nitrogen and oxygen atoms in total. The number of carbonyl (C=O) groups is 2. The fraction of sp³-hybridized carbons (Fsp3) is 0.222. The van der Waals surface area contributed by atoms with Crippen LogP contribution in [0.3, 0.4) is 0 Å². The maximum absolute atomic E-state index is 12.4. The second kappa shape index (κ2) is 12.4. The van der Waals surface area contributed by atoms with Crippen molar-refractivity contribution in [2.24, 2.45) is 5.10 Å². The van der Waals surface area contributed by atoms with Crippen LogP contribution < -0.4 is 19.6 Å². The highest BCUT2D eigenvalue weighted by atomic mass is 35.5. The van der Waals surface area contributed by atoms with Crippen molar-refractivity contribution in [1.29, 1.82) is 0 Å². The van der Waals surface area contributed by atoms with Gasteiger partial charge in [0, 0.05) is 0 Å². The minimum Gasteiger partial charge on any atom is -0.493 e. The van der Waals surface area contributed by atoms with Gasteiger partial charge in [0.05, 0.1) is 28.9 Å². The number of amides is 1. The number of methoxy groups -OCH3 is 1. The van der Waals surface area contributed by atoms with E-state index in [0.717, 1.165) is 11.1 Å². The molecule has 3 rings (SSSR count). The molecule has 0 unspecified atom stereocenters. The molecular weight excluding hydrogens is 503 g/mol. The van der Waals surface area contributed by atoms with E-state index in [9.17, 15) is 9.59 Å². The largest absolute Gasteiger partial charge is 0.493 e. The maximum Gasteiger partial charge on any atom is 0.343 e. The Morgan fingerprint density at radius 2 is 1.75 bits per heavy atom. The van der Waals surface area contributed by atoms with E-state index in [4.69, 9.17) is 37.4 Å². The molecule has 0 saturated heterocycles. The highest BCUT2D eigenvalue weighted by Gasteiger charge is 2.14. The third-order valence-corrected chi connectivity index (χ3v) is 5.93. The summed E-state index contributed by atoms with van der Waals surface area (Å²) in [4.78, 5) is 24.6. The highest BCUT2D eigenvalue weighted by molar-refractivity contribution is 6.42. The van der Waals surface area contributed by atoms with Crippen molar-refractivity contribution in [2.75, 3.05) is 13.7 Å². The highest BCUT2D eigenvalue weighted by Crippen LogP contribution is 2.29. The van der Waals surface area contributed by atoms with Crippen molar-refractivity contribution in [1.82, 2.24) is 5.43 Å². The number of nitrogens with one attached hydrogen (secondary N) is 1. The van der Waals surface area contributed by atoms with Gasteiger partial charge in [-0.1, -0.05) is 49.2 Å². The third kappa shape index (κ3) is 7.23. The van der Waals surface area contributed by atoms with E-state index in [2.05, 4.69) is 24.4 Å². The summed E-state index contributed by atoms with van der Waals surface area (Å²) in [6, 6.07) is 15.2. The van der Waals surface area contributed by atoms with E-state index in [1.165, 1.54) is 31.5 Å². The average molecular weight is 529 g/mol. The minimum absolute atomic E-state index is 0.174. The molecule has 0 bridgehead atoms. The number of benzene rings is 3. The van der Waals surface area contributed by atoms with Crippen LogP contribution >= 0.6 is 23.2 Å². The minimum atomic E-state index is -0.616. The Hall–Kier alpha value is -3.55. The summed E-state index contributed by atoms with van der Waals surface area (Å²) < 4.78 is 16.4.